The molecule has 1 atom stereocenters. The summed E-state index contributed by atoms with van der Waals surface area (Å²) in [5.41, 5.74) is 2.02. The summed E-state index contributed by atoms with van der Waals surface area (Å²) >= 11 is 0. The minimum Gasteiger partial charge on any atom is -0.346 e. The van der Waals surface area contributed by atoms with Crippen molar-refractivity contribution >= 4 is 27.7 Å². The summed E-state index contributed by atoms with van der Waals surface area (Å²) in [6, 6.07) is 3.96. The highest BCUT2D eigenvalue weighted by atomic mass is 16.2. The van der Waals surface area contributed by atoms with Crippen molar-refractivity contribution in [3.05, 3.63) is 36.4 Å². The summed E-state index contributed by atoms with van der Waals surface area (Å²) in [4.78, 5) is 25.6. The van der Waals surface area contributed by atoms with Crippen LogP contribution in [0.25, 0.3) is 21.8 Å². The lowest BCUT2D eigenvalue weighted by molar-refractivity contribution is -0.129. The molecular formula is C17H15N5O. The molecule has 0 aromatic carbocycles. The number of amides is 1. The first-order chi connectivity index (χ1) is 11.3. The lowest BCUT2D eigenvalue weighted by atomic mass is 9.94. The maximum absolute atomic E-state index is 11.9. The Labute approximate surface area is 132 Å². The molecule has 23 heavy (non-hydrogen) atoms. The Morgan fingerprint density at radius 2 is 2.35 bits per heavy atom. The number of carbonyl (C=O) groups is 1. The number of carbonyl (C=O) groups excluding carboxylic acids is 1. The lowest BCUT2D eigenvalue weighted by Crippen LogP contribution is -2.27. The Morgan fingerprint density at radius 1 is 1.43 bits per heavy atom. The van der Waals surface area contributed by atoms with Crippen molar-refractivity contribution in [2.75, 3.05) is 13.1 Å². The van der Waals surface area contributed by atoms with Crippen molar-refractivity contribution in [1.82, 2.24) is 19.9 Å². The zero-order valence-corrected chi connectivity index (χ0v) is 12.5. The van der Waals surface area contributed by atoms with Crippen molar-refractivity contribution in [1.29, 1.82) is 5.26 Å². The van der Waals surface area contributed by atoms with Crippen molar-refractivity contribution in [3.63, 3.8) is 0 Å². The molecule has 1 amide bonds. The van der Waals surface area contributed by atoms with Gasteiger partial charge in [-0.3, -0.25) is 9.78 Å². The number of nitrogens with zero attached hydrogens (tertiary/aromatic N) is 4. The summed E-state index contributed by atoms with van der Waals surface area (Å²) in [7, 11) is 0. The van der Waals surface area contributed by atoms with E-state index in [-0.39, 0.29) is 18.2 Å². The smallest absolute Gasteiger partial charge is 0.236 e. The number of likely N-dealkylation sites (tertiary alicyclic amines) is 1. The van der Waals surface area contributed by atoms with Gasteiger partial charge in [-0.1, -0.05) is 0 Å². The Morgan fingerprint density at radius 3 is 3.22 bits per heavy atom. The second-order valence-electron chi connectivity index (χ2n) is 5.85. The van der Waals surface area contributed by atoms with Crippen LogP contribution >= 0.6 is 0 Å². The predicted octanol–water partition coefficient (Wildman–Crippen LogP) is 2.34. The number of nitriles is 1. The van der Waals surface area contributed by atoms with Crippen LogP contribution in [0.15, 0.2) is 30.9 Å². The predicted molar refractivity (Wildman–Crippen MR) is 85.6 cm³/mol. The van der Waals surface area contributed by atoms with Crippen LogP contribution in [0.2, 0.25) is 0 Å². The fourth-order valence-corrected chi connectivity index (χ4v) is 3.44. The van der Waals surface area contributed by atoms with E-state index >= 15 is 0 Å². The molecular weight excluding hydrogens is 290 g/mol. The van der Waals surface area contributed by atoms with E-state index in [1.807, 2.05) is 36.9 Å². The molecule has 3 aromatic rings. The molecule has 6 nitrogen and oxygen atoms in total. The van der Waals surface area contributed by atoms with Crippen molar-refractivity contribution < 1.29 is 4.79 Å². The summed E-state index contributed by atoms with van der Waals surface area (Å²) in [5.74, 6) is 0.158. The molecule has 0 bridgehead atoms. The monoisotopic (exact) mass is 305 g/mol. The first kappa shape index (κ1) is 13.7. The SMILES string of the molecule is N#CCC(=O)N1CCC(c2cncc3cnc4[nH]ccc4c23)C1. The average molecular weight is 305 g/mol. The average Bonchev–Trinajstić information content (AvgIpc) is 3.23. The largest absolute Gasteiger partial charge is 0.346 e. The van der Waals surface area contributed by atoms with Crippen LogP contribution in [0.5, 0.6) is 0 Å². The Kier molecular flexibility index (Phi) is 3.19. The van der Waals surface area contributed by atoms with Crippen LogP contribution in [0, 0.1) is 11.3 Å². The maximum Gasteiger partial charge on any atom is 0.236 e. The number of H-pyrrole nitrogens is 1. The third-order valence-electron chi connectivity index (χ3n) is 4.54. The van der Waals surface area contributed by atoms with Gasteiger partial charge >= 0.3 is 0 Å². The minimum absolute atomic E-state index is 0.0491. The molecule has 0 spiro atoms. The van der Waals surface area contributed by atoms with Crippen molar-refractivity contribution in [2.45, 2.75) is 18.8 Å². The number of pyridine rings is 2. The van der Waals surface area contributed by atoms with Gasteiger partial charge in [-0.05, 0) is 18.1 Å². The number of hydrogen-bond acceptors (Lipinski definition) is 4. The van der Waals surface area contributed by atoms with Gasteiger partial charge in [0.15, 0.2) is 0 Å². The second kappa shape index (κ2) is 5.36. The third-order valence-corrected chi connectivity index (χ3v) is 4.54. The molecule has 1 N–H and O–H groups in total. The van der Waals surface area contributed by atoms with Crippen LogP contribution < -0.4 is 0 Å². The second-order valence-corrected chi connectivity index (χ2v) is 5.85. The van der Waals surface area contributed by atoms with Gasteiger partial charge in [0.05, 0.1) is 6.07 Å². The van der Waals surface area contributed by atoms with E-state index < -0.39 is 0 Å². The van der Waals surface area contributed by atoms with E-state index in [1.165, 1.54) is 0 Å². The molecule has 1 saturated heterocycles. The Balaban J connectivity index is 1.76. The highest BCUT2D eigenvalue weighted by Crippen LogP contribution is 2.34. The van der Waals surface area contributed by atoms with Gasteiger partial charge in [0.2, 0.25) is 5.91 Å². The number of nitrogens with one attached hydrogen (secondary N) is 1. The highest BCUT2D eigenvalue weighted by Gasteiger charge is 2.28. The van der Waals surface area contributed by atoms with E-state index in [0.29, 0.717) is 13.1 Å². The van der Waals surface area contributed by atoms with Crippen molar-refractivity contribution in [2.24, 2.45) is 0 Å². The molecule has 1 fully saturated rings. The van der Waals surface area contributed by atoms with E-state index in [0.717, 1.165) is 33.8 Å². The van der Waals surface area contributed by atoms with Crippen LogP contribution in [0.3, 0.4) is 0 Å². The van der Waals surface area contributed by atoms with Crippen molar-refractivity contribution in [3.8, 4) is 6.07 Å². The number of rotatable bonds is 2. The van der Waals surface area contributed by atoms with Crippen LogP contribution in [-0.4, -0.2) is 38.8 Å². The Hall–Kier alpha value is -2.94. The third kappa shape index (κ3) is 2.21. The van der Waals surface area contributed by atoms with Gasteiger partial charge in [-0.15, -0.1) is 0 Å². The van der Waals surface area contributed by atoms with E-state index in [4.69, 9.17) is 5.26 Å². The molecule has 1 aliphatic rings. The Bertz CT molecular complexity index is 939. The fourth-order valence-electron chi connectivity index (χ4n) is 3.44. The summed E-state index contributed by atoms with van der Waals surface area (Å²) < 4.78 is 0. The van der Waals surface area contributed by atoms with Gasteiger partial charge < -0.3 is 9.88 Å². The topological polar surface area (TPSA) is 85.7 Å². The normalized spacial score (nSPS) is 17.7. The van der Waals surface area contributed by atoms with Gasteiger partial charge in [-0.2, -0.15) is 5.26 Å². The summed E-state index contributed by atoms with van der Waals surface area (Å²) in [6.45, 7) is 1.35. The summed E-state index contributed by atoms with van der Waals surface area (Å²) in [5, 5.41) is 12.0. The molecule has 0 radical (unpaired) electrons. The molecule has 114 valence electrons. The number of aromatic nitrogens is 3. The van der Waals surface area contributed by atoms with Gasteiger partial charge in [0, 0.05) is 60.0 Å². The standard InChI is InChI=1S/C17H15N5O/c18-4-1-15(23)22-6-3-11(10-22)14-9-19-7-12-8-21-17-13(16(12)14)2-5-20-17/h2,5,7-9,11H,1,3,6,10H2,(H,20,21). The number of fused-ring (bicyclic) bond motifs is 3. The molecule has 1 unspecified atom stereocenters. The quantitative estimate of drug-likeness (QED) is 0.787. The van der Waals surface area contributed by atoms with Crippen LogP contribution in [0.1, 0.15) is 24.3 Å². The minimum atomic E-state index is -0.0864. The molecule has 1 aliphatic heterocycles. The van der Waals surface area contributed by atoms with Gasteiger partial charge in [0.1, 0.15) is 12.1 Å². The fraction of sp³-hybridized carbons (Fsp3) is 0.294. The number of aromatic amines is 1. The molecule has 6 heteroatoms. The van der Waals surface area contributed by atoms with E-state index in [2.05, 4.69) is 15.0 Å². The van der Waals surface area contributed by atoms with E-state index in [9.17, 15) is 4.79 Å². The zero-order chi connectivity index (χ0) is 15.8. The van der Waals surface area contributed by atoms with E-state index in [1.54, 1.807) is 4.90 Å². The van der Waals surface area contributed by atoms with Gasteiger partial charge in [0.25, 0.3) is 0 Å². The summed E-state index contributed by atoms with van der Waals surface area (Å²) in [6.07, 6.45) is 8.29. The highest BCUT2D eigenvalue weighted by molar-refractivity contribution is 6.06. The molecule has 4 rings (SSSR count). The van der Waals surface area contributed by atoms with Crippen LogP contribution in [0.4, 0.5) is 0 Å². The maximum atomic E-state index is 11.9. The van der Waals surface area contributed by atoms with Gasteiger partial charge in [-0.25, -0.2) is 4.98 Å². The van der Waals surface area contributed by atoms with Crippen LogP contribution in [-0.2, 0) is 4.79 Å². The number of hydrogen-bond donors (Lipinski definition) is 1. The first-order valence-electron chi connectivity index (χ1n) is 7.62. The lowest BCUT2D eigenvalue weighted by Gasteiger charge is -2.16. The first-order valence-corrected chi connectivity index (χ1v) is 7.62. The molecule has 0 aliphatic carbocycles. The molecule has 4 heterocycles. The molecule has 0 saturated carbocycles. The zero-order valence-electron chi connectivity index (χ0n) is 12.5. The molecule has 3 aromatic heterocycles.